The van der Waals surface area contributed by atoms with Crippen LogP contribution in [0.3, 0.4) is 0 Å². The Bertz CT molecular complexity index is 1770. The van der Waals surface area contributed by atoms with E-state index >= 15 is 0 Å². The number of benzene rings is 3. The first kappa shape index (κ1) is 28.6. The smallest absolute Gasteiger partial charge is 0.338 e. The third-order valence-electron chi connectivity index (χ3n) is 6.33. The standard InChI is InChI=1S/C30H24I2N2O5S/c1-4-39-29(36)24-25(18-8-6-5-7-9-18)33-30-34(26(24)19-10-12-20(37-2)13-11-19)28(35)23(40-30)16-17-14-21(31)27(38-3)22(32)15-17/h5-16,26H,4H2,1-3H3/b23-16-/t26-/m1/s1. The minimum atomic E-state index is -0.741. The van der Waals surface area contributed by atoms with Gasteiger partial charge in [0.2, 0.25) is 0 Å². The number of esters is 1. The van der Waals surface area contributed by atoms with Gasteiger partial charge in [-0.25, -0.2) is 9.79 Å². The van der Waals surface area contributed by atoms with Gasteiger partial charge in [-0.1, -0.05) is 53.8 Å². The highest BCUT2D eigenvalue weighted by Crippen LogP contribution is 2.36. The van der Waals surface area contributed by atoms with Crippen LogP contribution in [0.2, 0.25) is 0 Å². The van der Waals surface area contributed by atoms with Crippen LogP contribution in [0.4, 0.5) is 0 Å². The maximum Gasteiger partial charge on any atom is 0.338 e. The van der Waals surface area contributed by atoms with Crippen molar-refractivity contribution in [2.24, 2.45) is 4.99 Å². The summed E-state index contributed by atoms with van der Waals surface area (Å²) in [6.07, 6.45) is 1.86. The summed E-state index contributed by atoms with van der Waals surface area (Å²) in [6, 6.07) is 20.1. The molecular weight excluding hydrogens is 754 g/mol. The molecule has 0 N–H and O–H groups in total. The Labute approximate surface area is 262 Å². The lowest BCUT2D eigenvalue weighted by molar-refractivity contribution is -0.138. The molecule has 7 nitrogen and oxygen atoms in total. The van der Waals surface area contributed by atoms with Crippen LogP contribution in [0.15, 0.2) is 82.1 Å². The summed E-state index contributed by atoms with van der Waals surface area (Å²) in [5.41, 5.74) is 2.94. The summed E-state index contributed by atoms with van der Waals surface area (Å²) in [7, 11) is 3.24. The molecule has 0 saturated heterocycles. The van der Waals surface area contributed by atoms with Crippen LogP contribution in [-0.4, -0.2) is 31.4 Å². The van der Waals surface area contributed by atoms with Crippen molar-refractivity contribution in [2.75, 3.05) is 20.8 Å². The maximum atomic E-state index is 14.0. The van der Waals surface area contributed by atoms with Gasteiger partial charge in [-0.2, -0.15) is 0 Å². The topological polar surface area (TPSA) is 79.1 Å². The van der Waals surface area contributed by atoms with E-state index in [0.29, 0.717) is 26.4 Å². The van der Waals surface area contributed by atoms with Gasteiger partial charge in [0.25, 0.3) is 5.56 Å². The molecule has 0 aliphatic carbocycles. The molecular formula is C30H24I2N2O5S. The number of ether oxygens (including phenoxy) is 3. The molecule has 204 valence electrons. The van der Waals surface area contributed by atoms with E-state index in [9.17, 15) is 9.59 Å². The summed E-state index contributed by atoms with van der Waals surface area (Å²) < 4.78 is 20.4. The normalized spacial score (nSPS) is 14.9. The molecule has 4 aromatic rings. The van der Waals surface area contributed by atoms with E-state index in [1.165, 1.54) is 11.3 Å². The number of rotatable bonds is 7. The Morgan fingerprint density at radius 2 is 1.70 bits per heavy atom. The van der Waals surface area contributed by atoms with Crippen molar-refractivity contribution in [1.29, 1.82) is 0 Å². The number of carbonyl (C=O) groups excluding carboxylic acids is 1. The summed E-state index contributed by atoms with van der Waals surface area (Å²) in [5, 5.41) is 0. The number of hydrogen-bond acceptors (Lipinski definition) is 7. The molecule has 10 heteroatoms. The van der Waals surface area contributed by atoms with E-state index in [-0.39, 0.29) is 12.2 Å². The first-order chi connectivity index (χ1) is 19.4. The number of aromatic nitrogens is 1. The number of methoxy groups -OCH3 is 2. The van der Waals surface area contributed by atoms with E-state index in [1.807, 2.05) is 72.8 Å². The van der Waals surface area contributed by atoms with Crippen molar-refractivity contribution in [3.63, 3.8) is 0 Å². The average Bonchev–Trinajstić information content (AvgIpc) is 3.27. The maximum absolute atomic E-state index is 14.0. The van der Waals surface area contributed by atoms with Crippen molar-refractivity contribution in [3.8, 4) is 11.5 Å². The molecule has 1 aliphatic heterocycles. The fraction of sp³-hybridized carbons (Fsp3) is 0.167. The SMILES string of the molecule is CCOC(=O)C1=C(c2ccccc2)N=c2s/c(=C\c3cc(I)c(OC)c(I)c3)c(=O)n2[C@@H]1c1ccc(OC)cc1. The van der Waals surface area contributed by atoms with Gasteiger partial charge in [0.1, 0.15) is 11.5 Å². The molecule has 0 bridgehead atoms. The van der Waals surface area contributed by atoms with Crippen molar-refractivity contribution in [2.45, 2.75) is 13.0 Å². The number of carbonyl (C=O) groups is 1. The molecule has 0 unspecified atom stereocenters. The molecule has 0 saturated carbocycles. The number of nitrogens with zero attached hydrogens (tertiary/aromatic N) is 2. The van der Waals surface area contributed by atoms with E-state index in [4.69, 9.17) is 19.2 Å². The Morgan fingerprint density at radius 3 is 2.30 bits per heavy atom. The Kier molecular flexibility index (Phi) is 8.76. The van der Waals surface area contributed by atoms with Crippen LogP contribution in [0, 0.1) is 7.14 Å². The van der Waals surface area contributed by atoms with Gasteiger partial charge in [0.05, 0.1) is 49.8 Å². The number of halogens is 2. The van der Waals surface area contributed by atoms with Crippen LogP contribution >= 0.6 is 56.5 Å². The quantitative estimate of drug-likeness (QED) is 0.192. The van der Waals surface area contributed by atoms with Crippen molar-refractivity contribution in [1.82, 2.24) is 4.57 Å². The van der Waals surface area contributed by atoms with Crippen LogP contribution in [-0.2, 0) is 9.53 Å². The van der Waals surface area contributed by atoms with Crippen LogP contribution in [0.25, 0.3) is 11.8 Å². The first-order valence-corrected chi connectivity index (χ1v) is 15.3. The molecule has 40 heavy (non-hydrogen) atoms. The summed E-state index contributed by atoms with van der Waals surface area (Å²) in [5.74, 6) is 0.954. The monoisotopic (exact) mass is 778 g/mol. The van der Waals surface area contributed by atoms with E-state index in [1.54, 1.807) is 25.7 Å². The van der Waals surface area contributed by atoms with Gasteiger partial charge in [-0.05, 0) is 93.6 Å². The Hall–Kier alpha value is -2.97. The van der Waals surface area contributed by atoms with Crippen LogP contribution in [0.1, 0.15) is 29.7 Å². The largest absolute Gasteiger partial charge is 0.497 e. The van der Waals surface area contributed by atoms with Gasteiger partial charge in [0, 0.05) is 5.56 Å². The summed E-state index contributed by atoms with van der Waals surface area (Å²) >= 11 is 5.74. The predicted octanol–water partition coefficient (Wildman–Crippen LogP) is 5.16. The highest BCUT2D eigenvalue weighted by atomic mass is 127. The lowest BCUT2D eigenvalue weighted by Crippen LogP contribution is -2.40. The predicted molar refractivity (Wildman–Crippen MR) is 172 cm³/mol. The van der Waals surface area contributed by atoms with Crippen molar-refractivity contribution >= 4 is 74.3 Å². The minimum absolute atomic E-state index is 0.193. The fourth-order valence-corrected chi connectivity index (χ4v) is 7.81. The molecule has 1 aromatic heterocycles. The molecule has 3 aromatic carbocycles. The second-order valence-corrected chi connectivity index (χ2v) is 12.1. The van der Waals surface area contributed by atoms with E-state index in [0.717, 1.165) is 29.6 Å². The third-order valence-corrected chi connectivity index (χ3v) is 8.91. The Morgan fingerprint density at radius 1 is 1.02 bits per heavy atom. The third kappa shape index (κ3) is 5.48. The zero-order chi connectivity index (χ0) is 28.4. The molecule has 0 amide bonds. The molecule has 0 spiro atoms. The van der Waals surface area contributed by atoms with Gasteiger partial charge in [-0.15, -0.1) is 0 Å². The van der Waals surface area contributed by atoms with Crippen molar-refractivity contribution < 1.29 is 19.0 Å². The zero-order valence-corrected chi connectivity index (χ0v) is 26.9. The van der Waals surface area contributed by atoms with Gasteiger partial charge in [0.15, 0.2) is 4.80 Å². The highest BCUT2D eigenvalue weighted by molar-refractivity contribution is 14.1. The molecule has 0 fully saturated rings. The highest BCUT2D eigenvalue weighted by Gasteiger charge is 2.35. The van der Waals surface area contributed by atoms with Crippen molar-refractivity contribution in [3.05, 3.63) is 116 Å². The number of thiazole rings is 1. The second-order valence-electron chi connectivity index (χ2n) is 8.72. The summed E-state index contributed by atoms with van der Waals surface area (Å²) in [4.78, 5) is 33.0. The second kappa shape index (κ2) is 12.3. The fourth-order valence-electron chi connectivity index (χ4n) is 4.55. The molecule has 1 aliphatic rings. The van der Waals surface area contributed by atoms with Crippen LogP contribution < -0.4 is 24.4 Å². The van der Waals surface area contributed by atoms with E-state index in [2.05, 4.69) is 45.2 Å². The Balaban J connectivity index is 1.80. The van der Waals surface area contributed by atoms with Gasteiger partial charge < -0.3 is 14.2 Å². The number of hydrogen-bond donors (Lipinski definition) is 0. The minimum Gasteiger partial charge on any atom is -0.497 e. The van der Waals surface area contributed by atoms with E-state index < -0.39 is 12.0 Å². The summed E-state index contributed by atoms with van der Waals surface area (Å²) in [6.45, 7) is 1.95. The molecule has 5 rings (SSSR count). The lowest BCUT2D eigenvalue weighted by Gasteiger charge is -2.26. The van der Waals surface area contributed by atoms with Gasteiger partial charge >= 0.3 is 5.97 Å². The molecule has 2 heterocycles. The van der Waals surface area contributed by atoms with Gasteiger partial charge in [-0.3, -0.25) is 9.36 Å². The average molecular weight is 778 g/mol. The molecule has 0 radical (unpaired) electrons. The lowest BCUT2D eigenvalue weighted by atomic mass is 9.93. The molecule has 1 atom stereocenters. The zero-order valence-electron chi connectivity index (χ0n) is 21.8. The first-order valence-electron chi connectivity index (χ1n) is 12.3. The van der Waals surface area contributed by atoms with Crippen LogP contribution in [0.5, 0.6) is 11.5 Å². The number of fused-ring (bicyclic) bond motifs is 1.